The highest BCUT2D eigenvalue weighted by atomic mass is 35.5. The number of fused-ring (bicyclic) bond motifs is 2. The molecule has 32 heavy (non-hydrogen) atoms. The summed E-state index contributed by atoms with van der Waals surface area (Å²) in [5.74, 6) is 0.220. The van der Waals surface area contributed by atoms with Gasteiger partial charge in [0.15, 0.2) is 5.82 Å². The van der Waals surface area contributed by atoms with Crippen molar-refractivity contribution in [3.05, 3.63) is 104 Å². The number of hydrogen-bond donors (Lipinski definition) is 1. The fourth-order valence-electron chi connectivity index (χ4n) is 3.68. The quantitative estimate of drug-likeness (QED) is 0.420. The Hall–Kier alpha value is -4.41. The maximum absolute atomic E-state index is 13.4. The van der Waals surface area contributed by atoms with Gasteiger partial charge in [-0.2, -0.15) is 10.2 Å². The van der Waals surface area contributed by atoms with Gasteiger partial charge in [-0.3, -0.25) is 9.36 Å². The zero-order chi connectivity index (χ0) is 22.4. The van der Waals surface area contributed by atoms with Gasteiger partial charge in [0.2, 0.25) is 0 Å². The number of nitrogens with zero attached hydrogens (tertiary/aromatic N) is 4. The first-order valence-corrected chi connectivity index (χ1v) is 9.92. The van der Waals surface area contributed by atoms with Crippen molar-refractivity contribution in [3.8, 4) is 34.6 Å². The molecule has 2 aliphatic rings. The van der Waals surface area contributed by atoms with E-state index < -0.39 is 11.2 Å². The molecule has 2 aliphatic heterocycles. The molecule has 0 saturated carbocycles. The largest absolute Gasteiger partial charge is 0.508 e. The first kappa shape index (κ1) is 19.5. The lowest BCUT2D eigenvalue weighted by Crippen LogP contribution is -2.36. The van der Waals surface area contributed by atoms with E-state index in [0.29, 0.717) is 32.9 Å². The molecule has 0 aliphatic carbocycles. The van der Waals surface area contributed by atoms with Crippen LogP contribution >= 0.6 is 11.6 Å². The zero-order valence-electron chi connectivity index (χ0n) is 16.4. The van der Waals surface area contributed by atoms with Gasteiger partial charge in [0.05, 0.1) is 28.4 Å². The average molecular weight is 441 g/mol. The van der Waals surface area contributed by atoms with Gasteiger partial charge < -0.3 is 5.11 Å². The van der Waals surface area contributed by atoms with E-state index in [2.05, 4.69) is 11.1 Å². The molecule has 0 radical (unpaired) electrons. The molecule has 0 saturated heterocycles. The topological polar surface area (TPSA) is 101 Å². The summed E-state index contributed by atoms with van der Waals surface area (Å²) >= 11 is 5.94. The molecule has 0 fully saturated rings. The molecule has 5 rings (SSSR count). The molecule has 0 aromatic heterocycles. The van der Waals surface area contributed by atoms with E-state index in [0.717, 1.165) is 4.57 Å². The van der Waals surface area contributed by atoms with Gasteiger partial charge in [-0.1, -0.05) is 17.7 Å². The van der Waals surface area contributed by atoms with Crippen molar-refractivity contribution >= 4 is 22.5 Å². The molecular weight excluding hydrogens is 428 g/mol. The van der Waals surface area contributed by atoms with Gasteiger partial charge >= 0.3 is 5.69 Å². The first-order valence-electron chi connectivity index (χ1n) is 9.54. The number of halogens is 1. The average Bonchev–Trinajstić information content (AvgIpc) is 2.79. The van der Waals surface area contributed by atoms with Crippen molar-refractivity contribution in [2.75, 3.05) is 0 Å². The summed E-state index contributed by atoms with van der Waals surface area (Å²) in [6.45, 7) is 0. The van der Waals surface area contributed by atoms with Gasteiger partial charge in [0.1, 0.15) is 5.75 Å². The van der Waals surface area contributed by atoms with Gasteiger partial charge in [-0.15, -0.1) is 0 Å². The standard InChI is InChI=1S/C24H13ClN4O3/c25-16-3-5-18(6-4-16)29-23(31)20-12-15-2-1-14(13-26)11-21(15)28(22(20)27-24(29)32)17-7-9-19(30)10-8-17/h1-12,30H. The van der Waals surface area contributed by atoms with Crippen LogP contribution in [-0.2, 0) is 0 Å². The molecule has 154 valence electrons. The number of aromatic hydroxyl groups is 1. The Morgan fingerprint density at radius 2 is 1.53 bits per heavy atom. The monoisotopic (exact) mass is 440 g/mol. The third-order valence-electron chi connectivity index (χ3n) is 5.17. The predicted octanol–water partition coefficient (Wildman–Crippen LogP) is 3.87. The molecule has 7 nitrogen and oxygen atoms in total. The van der Waals surface area contributed by atoms with Crippen molar-refractivity contribution in [2.45, 2.75) is 0 Å². The molecule has 8 heteroatoms. The first-order chi connectivity index (χ1) is 15.5. The Morgan fingerprint density at radius 1 is 0.875 bits per heavy atom. The highest BCUT2D eigenvalue weighted by molar-refractivity contribution is 6.30. The normalized spacial score (nSPS) is 11.0. The van der Waals surface area contributed by atoms with Crippen LogP contribution in [-0.4, -0.2) is 19.2 Å². The minimum atomic E-state index is -0.742. The Bertz CT molecular complexity index is 1630. The van der Waals surface area contributed by atoms with E-state index in [-0.39, 0.29) is 17.1 Å². The summed E-state index contributed by atoms with van der Waals surface area (Å²) in [4.78, 5) is 30.6. The zero-order valence-corrected chi connectivity index (χ0v) is 17.1. The maximum Gasteiger partial charge on any atom is 0.357 e. The summed E-state index contributed by atoms with van der Waals surface area (Å²) in [6.07, 6.45) is 0. The van der Waals surface area contributed by atoms with Crippen LogP contribution in [0.2, 0.25) is 5.02 Å². The summed E-state index contributed by atoms with van der Waals surface area (Å²) in [6, 6.07) is 21.4. The Morgan fingerprint density at radius 3 is 2.22 bits per heavy atom. The number of aromatic nitrogens is 3. The van der Waals surface area contributed by atoms with Crippen LogP contribution in [0.5, 0.6) is 5.75 Å². The van der Waals surface area contributed by atoms with Gasteiger partial charge in [-0.05, 0) is 72.1 Å². The summed E-state index contributed by atoms with van der Waals surface area (Å²) in [5.41, 5.74) is 0.900. The minimum Gasteiger partial charge on any atom is -0.508 e. The van der Waals surface area contributed by atoms with Crippen LogP contribution in [0, 0.1) is 11.3 Å². The molecule has 2 heterocycles. The van der Waals surface area contributed by atoms with E-state index in [9.17, 15) is 20.0 Å². The number of nitriles is 1. The van der Waals surface area contributed by atoms with Crippen LogP contribution < -0.4 is 11.2 Å². The molecule has 0 unspecified atom stereocenters. The third kappa shape index (κ3) is 3.11. The summed E-state index contributed by atoms with van der Waals surface area (Å²) in [7, 11) is 0. The number of hydrogen-bond acceptors (Lipinski definition) is 5. The Labute approximate surface area is 186 Å². The molecular formula is C24H13ClN4O3. The highest BCUT2D eigenvalue weighted by Gasteiger charge is 2.21. The molecule has 0 amide bonds. The molecule has 0 spiro atoms. The number of phenols is 1. The van der Waals surface area contributed by atoms with Crippen molar-refractivity contribution in [1.29, 1.82) is 5.26 Å². The second-order valence-corrected chi connectivity index (χ2v) is 7.57. The van der Waals surface area contributed by atoms with Crippen molar-refractivity contribution in [3.63, 3.8) is 0 Å². The number of phenolic OH excluding ortho intramolecular Hbond substituents is 1. The number of pyridine rings is 1. The second-order valence-electron chi connectivity index (χ2n) is 7.13. The maximum atomic E-state index is 13.4. The minimum absolute atomic E-state index is 0.0687. The third-order valence-corrected chi connectivity index (χ3v) is 5.42. The van der Waals surface area contributed by atoms with E-state index in [1.165, 1.54) is 12.1 Å². The number of rotatable bonds is 2. The van der Waals surface area contributed by atoms with Crippen LogP contribution in [0.1, 0.15) is 5.56 Å². The fraction of sp³-hybridized carbons (Fsp3) is 0. The SMILES string of the molecule is N#Cc1ccc2cc3c(=O)n(-c4ccc(Cl)cc4)c(=O)nc-3n(-c3ccc(O)cc3)c2c1. The molecule has 1 N–H and O–H groups in total. The molecule has 0 atom stereocenters. The summed E-state index contributed by atoms with van der Waals surface area (Å²) in [5, 5.41) is 20.2. The predicted molar refractivity (Wildman–Crippen MR) is 121 cm³/mol. The van der Waals surface area contributed by atoms with E-state index >= 15 is 0 Å². The van der Waals surface area contributed by atoms with Crippen molar-refractivity contribution < 1.29 is 5.11 Å². The number of benzene rings is 3. The summed E-state index contributed by atoms with van der Waals surface area (Å²) < 4.78 is 2.63. The van der Waals surface area contributed by atoms with Crippen LogP contribution in [0.3, 0.4) is 0 Å². The van der Waals surface area contributed by atoms with E-state index in [4.69, 9.17) is 11.6 Å². The van der Waals surface area contributed by atoms with E-state index in [1.807, 2.05) is 0 Å². The Kier molecular flexibility index (Phi) is 4.51. The van der Waals surface area contributed by atoms with Gasteiger partial charge in [0.25, 0.3) is 5.56 Å². The molecule has 3 aromatic rings. The molecule has 0 bridgehead atoms. The van der Waals surface area contributed by atoms with Gasteiger partial charge in [0, 0.05) is 10.7 Å². The van der Waals surface area contributed by atoms with Crippen molar-refractivity contribution in [2.24, 2.45) is 0 Å². The Balaban J connectivity index is 1.93. The van der Waals surface area contributed by atoms with Crippen LogP contribution in [0.4, 0.5) is 0 Å². The highest BCUT2D eigenvalue weighted by Crippen LogP contribution is 2.29. The smallest absolute Gasteiger partial charge is 0.357 e. The van der Waals surface area contributed by atoms with Crippen molar-refractivity contribution in [1.82, 2.24) is 14.1 Å². The fourth-order valence-corrected chi connectivity index (χ4v) is 3.81. The van der Waals surface area contributed by atoms with Gasteiger partial charge in [-0.25, -0.2) is 9.36 Å². The lowest BCUT2D eigenvalue weighted by Gasteiger charge is -2.19. The lowest BCUT2D eigenvalue weighted by atomic mass is 10.1. The second kappa shape index (κ2) is 7.38. The lowest BCUT2D eigenvalue weighted by molar-refractivity contribution is 0.475. The molecule has 3 aromatic carbocycles. The van der Waals surface area contributed by atoms with E-state index in [1.54, 1.807) is 65.2 Å². The van der Waals surface area contributed by atoms with Crippen LogP contribution in [0.25, 0.3) is 33.7 Å². The van der Waals surface area contributed by atoms with Crippen LogP contribution in [0.15, 0.2) is 82.4 Å².